The van der Waals surface area contributed by atoms with Gasteiger partial charge in [-0.25, -0.2) is 8.42 Å². The molecule has 1 fully saturated rings. The highest BCUT2D eigenvalue weighted by atomic mass is 32.2. The van der Waals surface area contributed by atoms with Gasteiger partial charge in [0.15, 0.2) is 9.84 Å². The van der Waals surface area contributed by atoms with Gasteiger partial charge >= 0.3 is 0 Å². The number of anilines is 1. The van der Waals surface area contributed by atoms with Crippen LogP contribution in [-0.4, -0.2) is 55.8 Å². The molecular formula is C21H24N2O4S. The number of rotatable bonds is 5. The third-order valence-corrected chi connectivity index (χ3v) is 7.22. The second-order valence-electron chi connectivity index (χ2n) is 8.07. The van der Waals surface area contributed by atoms with Crippen molar-refractivity contribution in [3.63, 3.8) is 0 Å². The quantitative estimate of drug-likeness (QED) is 0.773. The molecule has 0 radical (unpaired) electrons. The predicted octanol–water partition coefficient (Wildman–Crippen LogP) is 2.47. The van der Waals surface area contributed by atoms with E-state index in [1.165, 1.54) is 4.90 Å². The Balaban J connectivity index is 1.62. The van der Waals surface area contributed by atoms with Crippen molar-refractivity contribution < 1.29 is 18.0 Å². The Kier molecular flexibility index (Phi) is 4.65. The van der Waals surface area contributed by atoms with Crippen molar-refractivity contribution in [1.29, 1.82) is 0 Å². The SMILES string of the molecule is CC(C)CN(C(=O)CN1C(=O)c2cccc3cccc1c23)[C@H]1CCS(=O)(=O)C1. The van der Waals surface area contributed by atoms with Crippen LogP contribution >= 0.6 is 0 Å². The molecule has 0 N–H and O–H groups in total. The standard InChI is InChI=1S/C21H24N2O4S/c1-14(2)11-22(16-9-10-28(26,27)13-16)19(24)12-23-18-8-4-6-15-5-3-7-17(20(15)18)21(23)25/h3-8,14,16H,9-13H2,1-2H3/t16-/m0/s1. The summed E-state index contributed by atoms with van der Waals surface area (Å²) >= 11 is 0. The van der Waals surface area contributed by atoms with Gasteiger partial charge in [-0.15, -0.1) is 0 Å². The Bertz CT molecular complexity index is 1060. The number of benzene rings is 2. The lowest BCUT2D eigenvalue weighted by Crippen LogP contribution is -2.48. The summed E-state index contributed by atoms with van der Waals surface area (Å²) in [5, 5.41) is 1.85. The van der Waals surface area contributed by atoms with Gasteiger partial charge in [0.1, 0.15) is 6.54 Å². The average molecular weight is 401 g/mol. The molecule has 6 nitrogen and oxygen atoms in total. The molecule has 0 saturated carbocycles. The van der Waals surface area contributed by atoms with Crippen LogP contribution in [0.3, 0.4) is 0 Å². The molecule has 28 heavy (non-hydrogen) atoms. The van der Waals surface area contributed by atoms with E-state index >= 15 is 0 Å². The van der Waals surface area contributed by atoms with Crippen molar-refractivity contribution in [2.75, 3.05) is 29.5 Å². The van der Waals surface area contributed by atoms with Crippen LogP contribution in [0.2, 0.25) is 0 Å². The first-order valence-corrected chi connectivity index (χ1v) is 11.4. The highest BCUT2D eigenvalue weighted by Gasteiger charge is 2.37. The lowest BCUT2D eigenvalue weighted by Gasteiger charge is -2.31. The molecule has 2 aliphatic heterocycles. The van der Waals surface area contributed by atoms with Crippen molar-refractivity contribution in [1.82, 2.24) is 4.90 Å². The molecule has 0 aliphatic carbocycles. The minimum atomic E-state index is -3.10. The zero-order chi connectivity index (χ0) is 20.1. The summed E-state index contributed by atoms with van der Waals surface area (Å²) in [6, 6.07) is 11.0. The lowest BCUT2D eigenvalue weighted by atomic mass is 10.1. The largest absolute Gasteiger partial charge is 0.337 e. The molecule has 1 saturated heterocycles. The number of hydrogen-bond donors (Lipinski definition) is 0. The second kappa shape index (κ2) is 6.88. The number of sulfone groups is 1. The Hall–Kier alpha value is -2.41. The molecule has 2 amide bonds. The fourth-order valence-corrected chi connectivity index (χ4v) is 5.96. The number of nitrogens with zero attached hydrogens (tertiary/aromatic N) is 2. The summed E-state index contributed by atoms with van der Waals surface area (Å²) in [6.07, 6.45) is 0.463. The first-order chi connectivity index (χ1) is 13.3. The fourth-order valence-electron chi connectivity index (χ4n) is 4.23. The molecule has 2 aliphatic rings. The molecule has 7 heteroatoms. The van der Waals surface area contributed by atoms with Crippen molar-refractivity contribution in [2.45, 2.75) is 26.3 Å². The van der Waals surface area contributed by atoms with Crippen molar-refractivity contribution in [3.05, 3.63) is 42.0 Å². The summed E-state index contributed by atoms with van der Waals surface area (Å²) in [5.74, 6) is -0.0397. The molecule has 0 bridgehead atoms. The highest BCUT2D eigenvalue weighted by molar-refractivity contribution is 7.91. The van der Waals surface area contributed by atoms with Gasteiger partial charge in [-0.05, 0) is 29.9 Å². The Morgan fingerprint density at radius 1 is 1.21 bits per heavy atom. The van der Waals surface area contributed by atoms with Crippen LogP contribution < -0.4 is 4.90 Å². The minimum Gasteiger partial charge on any atom is -0.337 e. The normalized spacial score (nSPS) is 20.3. The zero-order valence-corrected chi connectivity index (χ0v) is 16.9. The average Bonchev–Trinajstić information content (AvgIpc) is 3.13. The number of hydrogen-bond acceptors (Lipinski definition) is 4. The first-order valence-electron chi connectivity index (χ1n) is 9.60. The van der Waals surface area contributed by atoms with Gasteiger partial charge in [0.25, 0.3) is 5.91 Å². The molecule has 0 unspecified atom stereocenters. The highest BCUT2D eigenvalue weighted by Crippen LogP contribution is 2.37. The maximum atomic E-state index is 13.2. The molecule has 2 aromatic carbocycles. The van der Waals surface area contributed by atoms with Crippen LogP contribution in [0.5, 0.6) is 0 Å². The van der Waals surface area contributed by atoms with E-state index in [-0.39, 0.29) is 41.8 Å². The van der Waals surface area contributed by atoms with Gasteiger partial charge in [-0.3, -0.25) is 14.5 Å². The van der Waals surface area contributed by atoms with E-state index in [1.807, 2.05) is 44.2 Å². The maximum Gasteiger partial charge on any atom is 0.259 e. The van der Waals surface area contributed by atoms with Crippen LogP contribution in [0.15, 0.2) is 36.4 Å². The third-order valence-electron chi connectivity index (χ3n) is 5.47. The maximum absolute atomic E-state index is 13.2. The van der Waals surface area contributed by atoms with Crippen molar-refractivity contribution in [3.8, 4) is 0 Å². The minimum absolute atomic E-state index is 0.00914. The molecule has 4 rings (SSSR count). The van der Waals surface area contributed by atoms with E-state index in [9.17, 15) is 18.0 Å². The van der Waals surface area contributed by atoms with E-state index in [1.54, 1.807) is 11.0 Å². The molecule has 0 aromatic heterocycles. The number of carbonyl (C=O) groups is 2. The Labute approximate surface area is 165 Å². The number of carbonyl (C=O) groups excluding carboxylic acids is 2. The Morgan fingerprint density at radius 2 is 1.93 bits per heavy atom. The molecular weight excluding hydrogens is 376 g/mol. The van der Waals surface area contributed by atoms with E-state index in [0.29, 0.717) is 18.5 Å². The van der Waals surface area contributed by atoms with Gasteiger partial charge in [0.2, 0.25) is 5.91 Å². The fraction of sp³-hybridized carbons (Fsp3) is 0.429. The topological polar surface area (TPSA) is 74.8 Å². The van der Waals surface area contributed by atoms with Crippen molar-refractivity contribution >= 4 is 38.1 Å². The summed E-state index contributed by atoms with van der Waals surface area (Å²) in [6.45, 7) is 4.41. The molecule has 2 heterocycles. The van der Waals surface area contributed by atoms with E-state index in [2.05, 4.69) is 0 Å². The second-order valence-corrected chi connectivity index (χ2v) is 10.3. The number of amides is 2. The van der Waals surface area contributed by atoms with Crippen LogP contribution in [0.1, 0.15) is 30.6 Å². The van der Waals surface area contributed by atoms with Gasteiger partial charge < -0.3 is 4.90 Å². The molecule has 1 atom stereocenters. The molecule has 148 valence electrons. The van der Waals surface area contributed by atoms with E-state index in [0.717, 1.165) is 16.5 Å². The lowest BCUT2D eigenvalue weighted by molar-refractivity contribution is -0.132. The van der Waals surface area contributed by atoms with Crippen LogP contribution in [0, 0.1) is 5.92 Å². The first kappa shape index (κ1) is 18.9. The zero-order valence-electron chi connectivity index (χ0n) is 16.1. The van der Waals surface area contributed by atoms with Crippen LogP contribution in [0.25, 0.3) is 10.8 Å². The third kappa shape index (κ3) is 3.28. The summed E-state index contributed by atoms with van der Waals surface area (Å²) in [7, 11) is -3.10. The predicted molar refractivity (Wildman–Crippen MR) is 109 cm³/mol. The van der Waals surface area contributed by atoms with Gasteiger partial charge in [-0.2, -0.15) is 0 Å². The monoisotopic (exact) mass is 400 g/mol. The van der Waals surface area contributed by atoms with Gasteiger partial charge in [0.05, 0.1) is 17.2 Å². The van der Waals surface area contributed by atoms with Crippen LogP contribution in [-0.2, 0) is 14.6 Å². The molecule has 0 spiro atoms. The van der Waals surface area contributed by atoms with Crippen LogP contribution in [0.4, 0.5) is 5.69 Å². The van der Waals surface area contributed by atoms with Crippen molar-refractivity contribution in [2.24, 2.45) is 5.92 Å². The van der Waals surface area contributed by atoms with E-state index < -0.39 is 9.84 Å². The summed E-state index contributed by atoms with van der Waals surface area (Å²) in [5.41, 5.74) is 1.36. The smallest absolute Gasteiger partial charge is 0.259 e. The van der Waals surface area contributed by atoms with Gasteiger partial charge in [0, 0.05) is 23.5 Å². The van der Waals surface area contributed by atoms with Gasteiger partial charge in [-0.1, -0.05) is 38.1 Å². The van der Waals surface area contributed by atoms with E-state index in [4.69, 9.17) is 0 Å². The molecule has 2 aromatic rings. The Morgan fingerprint density at radius 3 is 2.57 bits per heavy atom. The summed E-state index contributed by atoms with van der Waals surface area (Å²) < 4.78 is 23.8. The summed E-state index contributed by atoms with van der Waals surface area (Å²) in [4.78, 5) is 29.3.